The maximum Gasteiger partial charge on any atom is 0.238 e. The predicted molar refractivity (Wildman–Crippen MR) is 140 cm³/mol. The van der Waals surface area contributed by atoms with E-state index in [4.69, 9.17) is 0 Å². The van der Waals surface area contributed by atoms with Crippen molar-refractivity contribution in [1.29, 1.82) is 0 Å². The first kappa shape index (κ1) is 29.7. The zero-order chi connectivity index (χ0) is 28.0. The maximum absolute atomic E-state index is 14.2. The quantitative estimate of drug-likeness (QED) is 0.392. The number of benzene rings is 1. The van der Waals surface area contributed by atoms with Gasteiger partial charge in [-0.1, -0.05) is 13.8 Å². The third-order valence-electron chi connectivity index (χ3n) is 6.55. The zero-order valence-electron chi connectivity index (χ0n) is 22.3. The van der Waals surface area contributed by atoms with Gasteiger partial charge in [0.25, 0.3) is 0 Å². The van der Waals surface area contributed by atoms with Crippen LogP contribution >= 0.6 is 0 Å². The molecule has 0 saturated carbocycles. The van der Waals surface area contributed by atoms with Crippen LogP contribution in [0, 0.1) is 17.6 Å². The van der Waals surface area contributed by atoms with Crippen molar-refractivity contribution < 1.29 is 26.8 Å². The van der Waals surface area contributed by atoms with Gasteiger partial charge in [0, 0.05) is 30.6 Å². The molecule has 1 aromatic carbocycles. The van der Waals surface area contributed by atoms with Crippen LogP contribution in [-0.2, 0) is 19.6 Å². The molecule has 1 aromatic heterocycles. The normalized spacial score (nSPS) is 17.9. The van der Waals surface area contributed by atoms with Gasteiger partial charge in [-0.3, -0.25) is 9.59 Å². The minimum atomic E-state index is -3.78. The fourth-order valence-corrected chi connectivity index (χ4v) is 6.24. The average molecular weight is 554 g/mol. The fraction of sp³-hybridized carbons (Fsp3) is 0.577. The lowest BCUT2D eigenvalue weighted by Gasteiger charge is -2.34. The summed E-state index contributed by atoms with van der Waals surface area (Å²) in [6.07, 6.45) is 4.30. The lowest BCUT2D eigenvalue weighted by molar-refractivity contribution is -0.134. The molecule has 0 aliphatic carbocycles. The second-order valence-electron chi connectivity index (χ2n) is 10.4. The molecule has 0 bridgehead atoms. The third kappa shape index (κ3) is 8.07. The van der Waals surface area contributed by atoms with E-state index in [1.807, 2.05) is 6.92 Å². The molecule has 3 atom stereocenters. The summed E-state index contributed by atoms with van der Waals surface area (Å²) in [7, 11) is -3.78. The van der Waals surface area contributed by atoms with Gasteiger partial charge in [0.15, 0.2) is 0 Å². The van der Waals surface area contributed by atoms with Crippen LogP contribution in [0.2, 0.25) is 0 Å². The number of amides is 2. The van der Waals surface area contributed by atoms with Crippen LogP contribution < -0.4 is 10.0 Å². The lowest BCUT2D eigenvalue weighted by Crippen LogP contribution is -2.49. The summed E-state index contributed by atoms with van der Waals surface area (Å²) in [5.41, 5.74) is 0.419. The van der Waals surface area contributed by atoms with Crippen molar-refractivity contribution in [1.82, 2.24) is 24.9 Å². The van der Waals surface area contributed by atoms with Crippen LogP contribution in [-0.4, -0.2) is 59.5 Å². The number of H-pyrrole nitrogens is 1. The summed E-state index contributed by atoms with van der Waals surface area (Å²) in [6.45, 7) is 7.81. The van der Waals surface area contributed by atoms with E-state index < -0.39 is 39.6 Å². The highest BCUT2D eigenvalue weighted by molar-refractivity contribution is 7.89. The summed E-state index contributed by atoms with van der Waals surface area (Å²) in [5, 5.41) is 2.73. The number of carbonyl (C=O) groups is 2. The number of hydrogen-bond donors (Lipinski definition) is 3. The van der Waals surface area contributed by atoms with Crippen molar-refractivity contribution in [2.45, 2.75) is 77.9 Å². The Bertz CT molecular complexity index is 1230. The van der Waals surface area contributed by atoms with Crippen LogP contribution in [0.25, 0.3) is 11.3 Å². The molecule has 1 fully saturated rings. The number of sulfonamides is 1. The number of aromatic nitrogens is 2. The Morgan fingerprint density at radius 1 is 1.21 bits per heavy atom. The SMILES string of the molecule is CC(C)CS(=O)(=O)N[C@@H](CCC(=O)N1CCCC[C@@H]1C)C(=O)N[C@@H](C)c1ncc(-c2ccc(F)cc2F)[nH]1. The molecular weight excluding hydrogens is 516 g/mol. The van der Waals surface area contributed by atoms with Gasteiger partial charge in [-0.25, -0.2) is 26.9 Å². The van der Waals surface area contributed by atoms with Crippen molar-refractivity contribution in [2.24, 2.45) is 5.92 Å². The van der Waals surface area contributed by atoms with Crippen LogP contribution in [0.3, 0.4) is 0 Å². The largest absolute Gasteiger partial charge is 0.345 e. The van der Waals surface area contributed by atoms with E-state index >= 15 is 0 Å². The van der Waals surface area contributed by atoms with Gasteiger partial charge in [0.2, 0.25) is 21.8 Å². The van der Waals surface area contributed by atoms with Crippen molar-refractivity contribution in [3.05, 3.63) is 41.9 Å². The number of hydrogen-bond acceptors (Lipinski definition) is 5. The smallest absolute Gasteiger partial charge is 0.238 e. The Labute approximate surface area is 222 Å². The molecule has 2 amide bonds. The van der Waals surface area contributed by atoms with Crippen molar-refractivity contribution >= 4 is 21.8 Å². The second kappa shape index (κ2) is 12.8. The zero-order valence-corrected chi connectivity index (χ0v) is 23.1. The van der Waals surface area contributed by atoms with Crippen molar-refractivity contribution in [3.8, 4) is 11.3 Å². The standard InChI is InChI=1S/C26H37F2N5O4S/c1-16(2)15-38(36,37)32-22(10-11-24(34)33-12-6-5-7-17(33)3)26(35)30-18(4)25-29-14-23(31-25)20-9-8-19(27)13-21(20)28/h8-9,13-14,16-18,22,32H,5-7,10-12,15H2,1-4H3,(H,29,31)(H,30,35)/t17-,18-,22-/m0/s1. The van der Waals surface area contributed by atoms with Gasteiger partial charge in [-0.15, -0.1) is 0 Å². The lowest BCUT2D eigenvalue weighted by atomic mass is 10.0. The van der Waals surface area contributed by atoms with Crippen molar-refractivity contribution in [2.75, 3.05) is 12.3 Å². The molecule has 3 N–H and O–H groups in total. The minimum absolute atomic E-state index is 0.00211. The van der Waals surface area contributed by atoms with Crippen LogP contribution in [0.1, 0.15) is 71.7 Å². The van der Waals surface area contributed by atoms with E-state index in [1.54, 1.807) is 25.7 Å². The minimum Gasteiger partial charge on any atom is -0.345 e. The van der Waals surface area contributed by atoms with Gasteiger partial charge in [-0.05, 0) is 57.6 Å². The van der Waals surface area contributed by atoms with Gasteiger partial charge >= 0.3 is 0 Å². The number of nitrogens with zero attached hydrogens (tertiary/aromatic N) is 2. The molecule has 1 aliphatic rings. The first-order valence-electron chi connectivity index (χ1n) is 13.0. The number of aromatic amines is 1. The molecule has 3 rings (SSSR count). The van der Waals surface area contributed by atoms with Crippen LogP contribution in [0.15, 0.2) is 24.4 Å². The third-order valence-corrected chi connectivity index (χ3v) is 8.30. The first-order chi connectivity index (χ1) is 17.9. The summed E-state index contributed by atoms with van der Waals surface area (Å²) < 4.78 is 55.2. The second-order valence-corrected chi connectivity index (χ2v) is 12.2. The molecule has 0 spiro atoms. The Morgan fingerprint density at radius 3 is 2.61 bits per heavy atom. The molecule has 0 unspecified atom stereocenters. The van der Waals surface area contributed by atoms with Crippen LogP contribution in [0.4, 0.5) is 8.78 Å². The summed E-state index contributed by atoms with van der Waals surface area (Å²) in [6, 6.07) is 1.44. The highest BCUT2D eigenvalue weighted by atomic mass is 32.2. The average Bonchev–Trinajstić information content (AvgIpc) is 3.31. The molecular formula is C26H37F2N5O4S. The summed E-state index contributed by atoms with van der Waals surface area (Å²) >= 11 is 0. The van der Waals surface area contributed by atoms with Gasteiger partial charge < -0.3 is 15.2 Å². The molecule has 38 heavy (non-hydrogen) atoms. The highest BCUT2D eigenvalue weighted by Crippen LogP contribution is 2.23. The van der Waals surface area contributed by atoms with Crippen molar-refractivity contribution in [3.63, 3.8) is 0 Å². The maximum atomic E-state index is 14.2. The number of halogens is 2. The molecule has 2 aromatic rings. The molecule has 12 heteroatoms. The topological polar surface area (TPSA) is 124 Å². The molecule has 1 saturated heterocycles. The Hall–Kier alpha value is -2.86. The number of imidazole rings is 1. The van der Waals surface area contributed by atoms with Gasteiger partial charge in [0.05, 0.1) is 23.7 Å². The molecule has 2 heterocycles. The highest BCUT2D eigenvalue weighted by Gasteiger charge is 2.29. The summed E-state index contributed by atoms with van der Waals surface area (Å²) in [4.78, 5) is 35.0. The number of rotatable bonds is 11. The van der Waals surface area contributed by atoms with Gasteiger partial charge in [-0.2, -0.15) is 0 Å². The van der Waals surface area contributed by atoms with Crippen LogP contribution in [0.5, 0.6) is 0 Å². The molecule has 1 aliphatic heterocycles. The van der Waals surface area contributed by atoms with Gasteiger partial charge in [0.1, 0.15) is 23.5 Å². The van der Waals surface area contributed by atoms with E-state index in [0.29, 0.717) is 18.1 Å². The van der Waals surface area contributed by atoms with E-state index in [9.17, 15) is 26.8 Å². The van der Waals surface area contributed by atoms with E-state index in [0.717, 1.165) is 31.4 Å². The van der Waals surface area contributed by atoms with E-state index in [-0.39, 0.29) is 42.0 Å². The molecule has 210 valence electrons. The Balaban J connectivity index is 1.71. The number of nitrogens with one attached hydrogen (secondary N) is 3. The number of piperidine rings is 1. The first-order valence-corrected chi connectivity index (χ1v) is 14.6. The van der Waals surface area contributed by atoms with E-state index in [2.05, 4.69) is 20.0 Å². The van der Waals surface area contributed by atoms with E-state index in [1.165, 1.54) is 12.3 Å². The summed E-state index contributed by atoms with van der Waals surface area (Å²) in [5.74, 6) is -2.18. The number of likely N-dealkylation sites (tertiary alicyclic amines) is 1. The molecule has 0 radical (unpaired) electrons. The Kier molecular flexibility index (Phi) is 10.00. The Morgan fingerprint density at radius 2 is 1.95 bits per heavy atom. The monoisotopic (exact) mass is 553 g/mol. The number of carbonyl (C=O) groups excluding carboxylic acids is 2. The predicted octanol–water partition coefficient (Wildman–Crippen LogP) is 3.66. The molecule has 9 nitrogen and oxygen atoms in total. The fourth-order valence-electron chi connectivity index (χ4n) is 4.61.